The second kappa shape index (κ2) is 12.6. The van der Waals surface area contributed by atoms with Gasteiger partial charge in [-0.3, -0.25) is 9.59 Å². The Balaban J connectivity index is 1.27. The normalized spacial score (nSPS) is 17.1. The molecule has 2 aliphatic heterocycles. The first kappa shape index (κ1) is 29.5. The molecule has 6 rings (SSSR count). The van der Waals surface area contributed by atoms with Crippen molar-refractivity contribution < 1.29 is 4.79 Å². The highest BCUT2D eigenvalue weighted by Crippen LogP contribution is 2.39. The lowest BCUT2D eigenvalue weighted by Crippen LogP contribution is -2.47. The van der Waals surface area contributed by atoms with Crippen LogP contribution in [0.25, 0.3) is 0 Å². The molecular weight excluding hydrogens is 625 g/mol. The molecule has 2 unspecified atom stereocenters. The lowest BCUT2D eigenvalue weighted by atomic mass is 9.83. The minimum Gasteiger partial charge on any atom is -0.369 e. The number of halogens is 3. The van der Waals surface area contributed by atoms with Crippen molar-refractivity contribution in [1.82, 2.24) is 9.88 Å². The fraction of sp³-hybridized carbons (Fsp3) is 0.219. The molecule has 11 heteroatoms. The van der Waals surface area contributed by atoms with Gasteiger partial charge in [-0.1, -0.05) is 53.0 Å². The van der Waals surface area contributed by atoms with Gasteiger partial charge in [0.1, 0.15) is 0 Å². The van der Waals surface area contributed by atoms with Crippen molar-refractivity contribution in [3.63, 3.8) is 0 Å². The van der Waals surface area contributed by atoms with Crippen LogP contribution in [-0.4, -0.2) is 28.7 Å². The molecule has 0 saturated carbocycles. The summed E-state index contributed by atoms with van der Waals surface area (Å²) in [4.78, 5) is 28.1. The molecule has 1 fully saturated rings. The number of anilines is 3. The lowest BCUT2D eigenvalue weighted by molar-refractivity contribution is 0.0951. The van der Waals surface area contributed by atoms with E-state index in [1.807, 2.05) is 47.0 Å². The highest BCUT2D eigenvalue weighted by Gasteiger charge is 2.35. The summed E-state index contributed by atoms with van der Waals surface area (Å²) in [6, 6.07) is 23.6. The number of nitrogens with one attached hydrogen (secondary N) is 3. The molecular formula is C32H28Cl3N5O2S. The molecule has 1 aromatic heterocycles. The standard InChI is InChI=1S/C32H28Cl3N5O2S/c33-23-7-4-19(5-8-23)15-36-31(42)21-6-11-29(27(13-21)38-32(43)37-26-10-9-24(34)14-25(26)35)39-16-20-12-22(18-39)28-2-1-3-30(41)40(28)17-20/h1-11,13-14,20,22H,12,15-18H2,(H,36,42)(H2,37,38,43). The number of amides is 1. The number of nitrogens with zero attached hydrogens (tertiary/aromatic N) is 2. The maximum absolute atomic E-state index is 13.2. The van der Waals surface area contributed by atoms with Crippen LogP contribution in [0.1, 0.15) is 34.0 Å². The molecule has 4 aromatic rings. The number of piperidine rings is 1. The van der Waals surface area contributed by atoms with Gasteiger partial charge in [0.25, 0.3) is 11.5 Å². The van der Waals surface area contributed by atoms with Crippen LogP contribution < -0.4 is 26.4 Å². The van der Waals surface area contributed by atoms with Crippen LogP contribution in [0.2, 0.25) is 15.1 Å². The van der Waals surface area contributed by atoms with Crippen LogP contribution in [0.15, 0.2) is 83.7 Å². The van der Waals surface area contributed by atoms with E-state index in [2.05, 4.69) is 20.9 Å². The number of carbonyl (C=O) groups excluding carboxylic acids is 1. The van der Waals surface area contributed by atoms with E-state index >= 15 is 0 Å². The van der Waals surface area contributed by atoms with E-state index in [1.54, 1.807) is 36.4 Å². The Morgan fingerprint density at radius 1 is 0.860 bits per heavy atom. The number of hydrogen-bond acceptors (Lipinski definition) is 4. The fourth-order valence-corrected chi connectivity index (χ4v) is 6.70. The zero-order valence-electron chi connectivity index (χ0n) is 22.9. The molecule has 3 N–H and O–H groups in total. The van der Waals surface area contributed by atoms with E-state index < -0.39 is 0 Å². The van der Waals surface area contributed by atoms with Crippen molar-refractivity contribution in [3.05, 3.63) is 121 Å². The van der Waals surface area contributed by atoms with Crippen LogP contribution in [-0.2, 0) is 13.1 Å². The molecule has 43 heavy (non-hydrogen) atoms. The molecule has 7 nitrogen and oxygen atoms in total. The Labute approximate surface area is 269 Å². The smallest absolute Gasteiger partial charge is 0.251 e. The van der Waals surface area contributed by atoms with Gasteiger partial charge in [0.2, 0.25) is 0 Å². The Hall–Kier alpha value is -3.56. The zero-order chi connectivity index (χ0) is 30.1. The molecule has 3 heterocycles. The summed E-state index contributed by atoms with van der Waals surface area (Å²) in [6.45, 7) is 2.56. The molecule has 1 amide bonds. The van der Waals surface area contributed by atoms with E-state index in [0.29, 0.717) is 56.1 Å². The Morgan fingerprint density at radius 2 is 1.63 bits per heavy atom. The summed E-state index contributed by atoms with van der Waals surface area (Å²) < 4.78 is 1.92. The molecule has 1 saturated heterocycles. The highest BCUT2D eigenvalue weighted by molar-refractivity contribution is 7.80. The van der Waals surface area contributed by atoms with Gasteiger partial charge in [0, 0.05) is 59.5 Å². The lowest BCUT2D eigenvalue weighted by Gasteiger charge is -2.44. The second-order valence-corrected chi connectivity index (χ2v) is 12.5. The van der Waals surface area contributed by atoms with Crippen LogP contribution in [0.3, 0.4) is 0 Å². The Bertz CT molecular complexity index is 1760. The highest BCUT2D eigenvalue weighted by atomic mass is 35.5. The zero-order valence-corrected chi connectivity index (χ0v) is 26.0. The van der Waals surface area contributed by atoms with Crippen LogP contribution in [0, 0.1) is 5.92 Å². The third kappa shape index (κ3) is 6.68. The maximum atomic E-state index is 13.2. The Morgan fingerprint density at radius 3 is 2.42 bits per heavy atom. The molecule has 220 valence electrons. The predicted molar refractivity (Wildman–Crippen MR) is 179 cm³/mol. The number of aromatic nitrogens is 1. The molecule has 0 aliphatic carbocycles. The third-order valence-corrected chi connectivity index (χ3v) is 8.88. The van der Waals surface area contributed by atoms with Gasteiger partial charge in [-0.15, -0.1) is 0 Å². The van der Waals surface area contributed by atoms with E-state index in [9.17, 15) is 9.59 Å². The van der Waals surface area contributed by atoms with Crippen molar-refractivity contribution >= 4 is 75.1 Å². The largest absolute Gasteiger partial charge is 0.369 e. The summed E-state index contributed by atoms with van der Waals surface area (Å²) in [7, 11) is 0. The fourth-order valence-electron chi connectivity index (χ4n) is 5.90. The first-order valence-electron chi connectivity index (χ1n) is 13.9. The SMILES string of the molecule is O=C(NCc1ccc(Cl)cc1)c1ccc(N2CC3CC(C2)c2cccc(=O)n2C3)c(NC(=S)Nc2ccc(Cl)cc2Cl)c1. The predicted octanol–water partition coefficient (Wildman–Crippen LogP) is 7.17. The maximum Gasteiger partial charge on any atom is 0.251 e. The van der Waals surface area contributed by atoms with Crippen molar-refractivity contribution in [1.29, 1.82) is 0 Å². The molecule has 2 bridgehead atoms. The number of benzene rings is 3. The summed E-state index contributed by atoms with van der Waals surface area (Å²) in [6.07, 6.45) is 1.03. The summed E-state index contributed by atoms with van der Waals surface area (Å²) in [5, 5.41) is 11.3. The van der Waals surface area contributed by atoms with E-state index in [0.717, 1.165) is 36.5 Å². The van der Waals surface area contributed by atoms with Crippen molar-refractivity contribution in [3.8, 4) is 0 Å². The second-order valence-electron chi connectivity index (χ2n) is 10.8. The topological polar surface area (TPSA) is 78.4 Å². The Kier molecular flexibility index (Phi) is 8.63. The first-order chi connectivity index (χ1) is 20.7. The number of pyridine rings is 1. The third-order valence-electron chi connectivity index (χ3n) is 7.87. The van der Waals surface area contributed by atoms with Gasteiger partial charge in [0.15, 0.2) is 5.11 Å². The average Bonchev–Trinajstić information content (AvgIpc) is 2.98. The van der Waals surface area contributed by atoms with Gasteiger partial charge in [-0.05, 0) is 84.7 Å². The van der Waals surface area contributed by atoms with E-state index in [-0.39, 0.29) is 17.4 Å². The average molecular weight is 653 g/mol. The van der Waals surface area contributed by atoms with Gasteiger partial charge in [-0.2, -0.15) is 0 Å². The molecule has 0 spiro atoms. The van der Waals surface area contributed by atoms with Gasteiger partial charge < -0.3 is 25.4 Å². The van der Waals surface area contributed by atoms with Gasteiger partial charge in [-0.25, -0.2) is 0 Å². The minimum absolute atomic E-state index is 0.0502. The molecule has 2 aliphatic rings. The number of carbonyl (C=O) groups is 1. The van der Waals surface area contributed by atoms with Crippen LogP contribution in [0.4, 0.5) is 17.1 Å². The minimum atomic E-state index is -0.215. The van der Waals surface area contributed by atoms with E-state index in [1.165, 1.54) is 0 Å². The monoisotopic (exact) mass is 651 g/mol. The van der Waals surface area contributed by atoms with E-state index in [4.69, 9.17) is 47.0 Å². The van der Waals surface area contributed by atoms with Crippen molar-refractivity contribution in [2.45, 2.75) is 25.4 Å². The van der Waals surface area contributed by atoms with Crippen LogP contribution >= 0.6 is 47.0 Å². The van der Waals surface area contributed by atoms with Crippen molar-refractivity contribution in [2.75, 3.05) is 28.6 Å². The summed E-state index contributed by atoms with van der Waals surface area (Å²) in [5.41, 5.74) is 4.76. The first-order valence-corrected chi connectivity index (χ1v) is 15.4. The molecule has 3 aromatic carbocycles. The summed E-state index contributed by atoms with van der Waals surface area (Å²) >= 11 is 24.1. The summed E-state index contributed by atoms with van der Waals surface area (Å²) in [5.74, 6) is 0.321. The van der Waals surface area contributed by atoms with Gasteiger partial charge in [0.05, 0.1) is 22.1 Å². The van der Waals surface area contributed by atoms with Crippen molar-refractivity contribution in [2.24, 2.45) is 5.92 Å². The van der Waals surface area contributed by atoms with Crippen LogP contribution in [0.5, 0.6) is 0 Å². The number of rotatable bonds is 6. The molecule has 0 radical (unpaired) electrons. The quantitative estimate of drug-likeness (QED) is 0.192. The number of thiocarbonyl (C=S) groups is 1. The molecule has 2 atom stereocenters. The number of hydrogen-bond donors (Lipinski definition) is 3. The number of fused-ring (bicyclic) bond motifs is 4. The van der Waals surface area contributed by atoms with Gasteiger partial charge >= 0.3 is 0 Å².